The molecule has 1 saturated carbocycles. The molecular formula is C31H40F2N4O4. The molecule has 3 aromatic rings. The first kappa shape index (κ1) is 30.5. The number of benzene rings is 2. The van der Waals surface area contributed by atoms with Crippen LogP contribution in [0.4, 0.5) is 8.78 Å². The molecular weight excluding hydrogens is 530 g/mol. The molecule has 1 aromatic heterocycles. The van der Waals surface area contributed by atoms with Crippen LogP contribution in [0.25, 0.3) is 0 Å². The van der Waals surface area contributed by atoms with Gasteiger partial charge >= 0.3 is 5.69 Å². The van der Waals surface area contributed by atoms with Crippen molar-refractivity contribution >= 4 is 5.91 Å². The standard InChI is InChI=1S/C31H40F2N4O4/c1-30(2,3)20-8-7-9-21(15-20)31(10-5-4-6-11-31)34-18-26(38)24(14-19-12-22(32)16-23(33)13-19)35-27(39)17-25-28(40)37-29(41)36-25/h7-9,12-13,15-16,24,26,34,38,40H,4-6,10-11,14,17-18H2,1-3H3,(H,35,39)(H2,36,37,41). The summed E-state index contributed by atoms with van der Waals surface area (Å²) in [5.41, 5.74) is 1.58. The summed E-state index contributed by atoms with van der Waals surface area (Å²) in [7, 11) is 0. The van der Waals surface area contributed by atoms with Gasteiger partial charge in [0.1, 0.15) is 11.6 Å². The summed E-state index contributed by atoms with van der Waals surface area (Å²) >= 11 is 0. The van der Waals surface area contributed by atoms with E-state index in [-0.39, 0.29) is 41.6 Å². The van der Waals surface area contributed by atoms with Gasteiger partial charge in [0, 0.05) is 18.2 Å². The fourth-order valence-electron chi connectivity index (χ4n) is 5.67. The quantitative estimate of drug-likeness (QED) is 0.219. The number of aliphatic hydroxyl groups is 1. The molecule has 0 bridgehead atoms. The van der Waals surface area contributed by atoms with Gasteiger partial charge in [-0.15, -0.1) is 0 Å². The highest BCUT2D eigenvalue weighted by Crippen LogP contribution is 2.38. The zero-order valence-corrected chi connectivity index (χ0v) is 23.8. The lowest BCUT2D eigenvalue weighted by atomic mass is 9.74. The Morgan fingerprint density at radius 3 is 2.34 bits per heavy atom. The van der Waals surface area contributed by atoms with Crippen LogP contribution >= 0.6 is 0 Å². The van der Waals surface area contributed by atoms with E-state index in [1.165, 1.54) is 17.7 Å². The number of amides is 1. The number of rotatable bonds is 10. The highest BCUT2D eigenvalue weighted by Gasteiger charge is 2.35. The Bertz CT molecular complexity index is 1390. The maximum absolute atomic E-state index is 14.0. The minimum atomic E-state index is -1.12. The second-order valence-electron chi connectivity index (χ2n) is 12.2. The van der Waals surface area contributed by atoms with E-state index in [9.17, 15) is 28.6 Å². The number of hydrogen-bond donors (Lipinski definition) is 6. The van der Waals surface area contributed by atoms with Crippen LogP contribution in [-0.2, 0) is 28.6 Å². The monoisotopic (exact) mass is 570 g/mol. The highest BCUT2D eigenvalue weighted by atomic mass is 19.1. The number of aromatic nitrogens is 2. The smallest absolute Gasteiger partial charge is 0.325 e. The van der Waals surface area contributed by atoms with Gasteiger partial charge in [-0.1, -0.05) is 64.3 Å². The summed E-state index contributed by atoms with van der Waals surface area (Å²) in [5, 5.41) is 27.6. The molecule has 4 rings (SSSR count). The van der Waals surface area contributed by atoms with Gasteiger partial charge in [0.15, 0.2) is 0 Å². The Hall–Kier alpha value is -3.50. The molecule has 0 spiro atoms. The molecule has 2 atom stereocenters. The maximum Gasteiger partial charge on any atom is 0.325 e. The Labute approximate surface area is 238 Å². The Morgan fingerprint density at radius 1 is 1.05 bits per heavy atom. The van der Waals surface area contributed by atoms with Crippen LogP contribution < -0.4 is 16.3 Å². The average Bonchev–Trinajstić information content (AvgIpc) is 3.22. The van der Waals surface area contributed by atoms with E-state index < -0.39 is 41.3 Å². The van der Waals surface area contributed by atoms with Gasteiger partial charge in [-0.25, -0.2) is 13.6 Å². The van der Waals surface area contributed by atoms with Crippen LogP contribution in [0.1, 0.15) is 75.3 Å². The summed E-state index contributed by atoms with van der Waals surface area (Å²) in [6.07, 6.45) is 3.46. The lowest BCUT2D eigenvalue weighted by molar-refractivity contribution is -0.122. The molecule has 41 heavy (non-hydrogen) atoms. The van der Waals surface area contributed by atoms with Crippen molar-refractivity contribution in [2.45, 2.75) is 88.8 Å². The van der Waals surface area contributed by atoms with Crippen LogP contribution in [0.2, 0.25) is 0 Å². The van der Waals surface area contributed by atoms with Crippen LogP contribution in [0, 0.1) is 11.6 Å². The molecule has 1 amide bonds. The van der Waals surface area contributed by atoms with Crippen molar-refractivity contribution in [2.75, 3.05) is 6.54 Å². The SMILES string of the molecule is CC(C)(C)c1cccc(C2(NCC(O)C(Cc3cc(F)cc(F)c3)NC(=O)Cc3[nH]c(=O)[nH]c3O)CCCCC2)c1. The van der Waals surface area contributed by atoms with Crippen molar-refractivity contribution in [1.82, 2.24) is 20.6 Å². The number of aromatic amines is 2. The minimum absolute atomic E-state index is 0.00412. The predicted molar refractivity (Wildman–Crippen MR) is 153 cm³/mol. The van der Waals surface area contributed by atoms with Gasteiger partial charge in [-0.3, -0.25) is 9.78 Å². The van der Waals surface area contributed by atoms with Gasteiger partial charge in [0.2, 0.25) is 11.8 Å². The molecule has 0 saturated heterocycles. The molecule has 2 aromatic carbocycles. The number of aliphatic hydroxyl groups excluding tert-OH is 1. The third-order valence-corrected chi connectivity index (χ3v) is 7.95. The van der Waals surface area contributed by atoms with Crippen molar-refractivity contribution in [1.29, 1.82) is 0 Å². The molecule has 10 heteroatoms. The van der Waals surface area contributed by atoms with Gasteiger partial charge in [0.25, 0.3) is 0 Å². The predicted octanol–water partition coefficient (Wildman–Crippen LogP) is 4.06. The van der Waals surface area contributed by atoms with Gasteiger partial charge in [-0.2, -0.15) is 0 Å². The first-order valence-corrected chi connectivity index (χ1v) is 14.1. The van der Waals surface area contributed by atoms with E-state index in [0.717, 1.165) is 43.7 Å². The Balaban J connectivity index is 1.56. The normalized spacial score (nSPS) is 16.7. The molecule has 0 aliphatic heterocycles. The van der Waals surface area contributed by atoms with Crippen LogP contribution in [-0.4, -0.2) is 44.8 Å². The second kappa shape index (κ2) is 12.6. The maximum atomic E-state index is 14.0. The number of nitrogens with one attached hydrogen (secondary N) is 4. The minimum Gasteiger partial charge on any atom is -0.493 e. The van der Waals surface area contributed by atoms with Gasteiger partial charge in [0.05, 0.1) is 24.3 Å². The molecule has 1 heterocycles. The van der Waals surface area contributed by atoms with Crippen molar-refractivity contribution in [3.05, 3.63) is 87.0 Å². The number of aromatic hydroxyl groups is 1. The molecule has 222 valence electrons. The third kappa shape index (κ3) is 7.83. The zero-order chi connectivity index (χ0) is 29.8. The Kier molecular flexibility index (Phi) is 9.34. The first-order valence-electron chi connectivity index (χ1n) is 14.1. The summed E-state index contributed by atoms with van der Waals surface area (Å²) in [6.45, 7) is 6.63. The molecule has 1 aliphatic carbocycles. The van der Waals surface area contributed by atoms with E-state index in [2.05, 4.69) is 65.6 Å². The van der Waals surface area contributed by atoms with Gasteiger partial charge in [-0.05, 0) is 53.5 Å². The number of halogens is 2. The van der Waals surface area contributed by atoms with Crippen molar-refractivity contribution in [2.24, 2.45) is 0 Å². The van der Waals surface area contributed by atoms with Crippen LogP contribution in [0.15, 0.2) is 47.3 Å². The van der Waals surface area contributed by atoms with Crippen LogP contribution in [0.5, 0.6) is 5.88 Å². The molecule has 1 fully saturated rings. The number of imidazole rings is 1. The third-order valence-electron chi connectivity index (χ3n) is 7.95. The summed E-state index contributed by atoms with van der Waals surface area (Å²) in [5.74, 6) is -2.55. The van der Waals surface area contributed by atoms with E-state index in [0.29, 0.717) is 0 Å². The summed E-state index contributed by atoms with van der Waals surface area (Å²) < 4.78 is 27.9. The average molecular weight is 571 g/mol. The van der Waals surface area contributed by atoms with Crippen molar-refractivity contribution in [3.8, 4) is 5.88 Å². The van der Waals surface area contributed by atoms with Gasteiger partial charge < -0.3 is 25.8 Å². The van der Waals surface area contributed by atoms with E-state index in [1.807, 2.05) is 0 Å². The summed E-state index contributed by atoms with van der Waals surface area (Å²) in [6, 6.07) is 10.7. The van der Waals surface area contributed by atoms with Crippen molar-refractivity contribution in [3.63, 3.8) is 0 Å². The molecule has 1 aliphatic rings. The van der Waals surface area contributed by atoms with Crippen molar-refractivity contribution < 1.29 is 23.8 Å². The second-order valence-corrected chi connectivity index (χ2v) is 12.2. The highest BCUT2D eigenvalue weighted by molar-refractivity contribution is 5.79. The van der Waals surface area contributed by atoms with Crippen LogP contribution in [0.3, 0.4) is 0 Å². The lowest BCUT2D eigenvalue weighted by Gasteiger charge is -2.41. The molecule has 0 radical (unpaired) electrons. The van der Waals surface area contributed by atoms with E-state index >= 15 is 0 Å². The molecule has 8 nitrogen and oxygen atoms in total. The largest absolute Gasteiger partial charge is 0.493 e. The topological polar surface area (TPSA) is 130 Å². The lowest BCUT2D eigenvalue weighted by Crippen LogP contribution is -2.53. The number of carbonyl (C=O) groups is 1. The molecule has 6 N–H and O–H groups in total. The number of H-pyrrole nitrogens is 2. The summed E-state index contributed by atoms with van der Waals surface area (Å²) in [4.78, 5) is 28.9. The first-order chi connectivity index (χ1) is 19.3. The number of hydrogen-bond acceptors (Lipinski definition) is 5. The zero-order valence-electron chi connectivity index (χ0n) is 23.8. The fourth-order valence-corrected chi connectivity index (χ4v) is 5.67. The van der Waals surface area contributed by atoms with E-state index in [1.54, 1.807) is 0 Å². The van der Waals surface area contributed by atoms with E-state index in [4.69, 9.17) is 0 Å². The number of carbonyl (C=O) groups excluding carboxylic acids is 1. The Morgan fingerprint density at radius 2 is 1.73 bits per heavy atom. The fraction of sp³-hybridized carbons (Fsp3) is 0.484. The molecule has 2 unspecified atom stereocenters.